The average molecular weight is 393 g/mol. The largest absolute Gasteiger partial charge is 0.348 e. The van der Waals surface area contributed by atoms with Crippen LogP contribution in [0.1, 0.15) is 58.6 Å². The lowest BCUT2D eigenvalue weighted by Gasteiger charge is -2.50. The number of piperidine rings is 1. The molecule has 1 aliphatic carbocycles. The number of amides is 2. The molecule has 0 unspecified atom stereocenters. The van der Waals surface area contributed by atoms with Gasteiger partial charge in [0.15, 0.2) is 0 Å². The lowest BCUT2D eigenvalue weighted by Crippen LogP contribution is -2.59. The SMILES string of the molecule is Cc1cc(C)cc(C(=O)N2CCC3(CC2)c2nc[nH]c2CCN3C(=O)C2CC2)c1. The highest BCUT2D eigenvalue weighted by atomic mass is 16.2. The molecule has 2 aliphatic heterocycles. The van der Waals surface area contributed by atoms with Crippen molar-refractivity contribution >= 4 is 11.8 Å². The predicted octanol–water partition coefficient (Wildman–Crippen LogP) is 2.95. The molecule has 152 valence electrons. The zero-order chi connectivity index (χ0) is 20.2. The molecule has 1 aromatic carbocycles. The van der Waals surface area contributed by atoms with Crippen LogP contribution in [0.25, 0.3) is 0 Å². The Bertz CT molecular complexity index is 947. The second-order valence-electron chi connectivity index (χ2n) is 8.94. The first-order valence-electron chi connectivity index (χ1n) is 10.7. The van der Waals surface area contributed by atoms with Crippen molar-refractivity contribution in [2.24, 2.45) is 5.92 Å². The molecule has 0 atom stereocenters. The minimum absolute atomic E-state index is 0.0878. The van der Waals surface area contributed by atoms with Gasteiger partial charge in [0.25, 0.3) is 5.91 Å². The number of H-pyrrole nitrogens is 1. The van der Waals surface area contributed by atoms with Crippen LogP contribution in [0.15, 0.2) is 24.5 Å². The summed E-state index contributed by atoms with van der Waals surface area (Å²) in [6, 6.07) is 6.02. The Kier molecular flexibility index (Phi) is 4.26. The Hall–Kier alpha value is -2.63. The summed E-state index contributed by atoms with van der Waals surface area (Å²) in [7, 11) is 0. The van der Waals surface area contributed by atoms with Crippen LogP contribution in [0.4, 0.5) is 0 Å². The monoisotopic (exact) mass is 392 g/mol. The quantitative estimate of drug-likeness (QED) is 0.854. The molecule has 3 aliphatic rings. The molecule has 1 saturated heterocycles. The van der Waals surface area contributed by atoms with Crippen LogP contribution in [0.5, 0.6) is 0 Å². The molecule has 1 spiro atoms. The summed E-state index contributed by atoms with van der Waals surface area (Å²) < 4.78 is 0. The minimum Gasteiger partial charge on any atom is -0.348 e. The lowest BCUT2D eigenvalue weighted by atomic mass is 9.78. The number of hydrogen-bond acceptors (Lipinski definition) is 3. The topological polar surface area (TPSA) is 69.3 Å². The van der Waals surface area contributed by atoms with Crippen LogP contribution in [0.2, 0.25) is 0 Å². The molecule has 5 rings (SSSR count). The van der Waals surface area contributed by atoms with E-state index in [0.29, 0.717) is 13.1 Å². The van der Waals surface area contributed by atoms with E-state index in [1.807, 2.05) is 30.9 Å². The number of hydrogen-bond donors (Lipinski definition) is 1. The Morgan fingerprint density at radius 3 is 2.41 bits per heavy atom. The maximum atomic E-state index is 13.1. The van der Waals surface area contributed by atoms with Gasteiger partial charge in [-0.1, -0.05) is 17.2 Å². The molecule has 1 saturated carbocycles. The molecular formula is C23H28N4O2. The van der Waals surface area contributed by atoms with Crippen LogP contribution in [-0.2, 0) is 16.8 Å². The minimum atomic E-state index is -0.368. The van der Waals surface area contributed by atoms with Gasteiger partial charge >= 0.3 is 0 Å². The lowest BCUT2D eigenvalue weighted by molar-refractivity contribution is -0.143. The van der Waals surface area contributed by atoms with Crippen molar-refractivity contribution in [3.63, 3.8) is 0 Å². The number of aryl methyl sites for hydroxylation is 2. The first kappa shape index (κ1) is 18.4. The van der Waals surface area contributed by atoms with Crippen molar-refractivity contribution in [1.82, 2.24) is 19.8 Å². The maximum absolute atomic E-state index is 13.1. The Balaban J connectivity index is 1.41. The number of nitrogens with one attached hydrogen (secondary N) is 1. The highest BCUT2D eigenvalue weighted by Crippen LogP contribution is 2.45. The highest BCUT2D eigenvalue weighted by Gasteiger charge is 2.51. The van der Waals surface area contributed by atoms with Crippen molar-refractivity contribution in [3.05, 3.63) is 52.6 Å². The maximum Gasteiger partial charge on any atom is 0.253 e. The molecule has 6 heteroatoms. The van der Waals surface area contributed by atoms with Crippen molar-refractivity contribution in [2.75, 3.05) is 19.6 Å². The van der Waals surface area contributed by atoms with Gasteiger partial charge < -0.3 is 14.8 Å². The number of carbonyl (C=O) groups excluding carboxylic acids is 2. The first-order valence-corrected chi connectivity index (χ1v) is 10.7. The Morgan fingerprint density at radius 1 is 1.07 bits per heavy atom. The third kappa shape index (κ3) is 3.05. The van der Waals surface area contributed by atoms with E-state index in [4.69, 9.17) is 0 Å². The van der Waals surface area contributed by atoms with Gasteiger partial charge in [-0.15, -0.1) is 0 Å². The summed E-state index contributed by atoms with van der Waals surface area (Å²) in [5.74, 6) is 0.569. The molecule has 1 N–H and O–H groups in total. The number of likely N-dealkylation sites (tertiary alicyclic amines) is 1. The van der Waals surface area contributed by atoms with E-state index in [-0.39, 0.29) is 23.3 Å². The van der Waals surface area contributed by atoms with Gasteiger partial charge in [0.05, 0.1) is 17.6 Å². The molecule has 1 aromatic heterocycles. The summed E-state index contributed by atoms with van der Waals surface area (Å²) in [5, 5.41) is 0. The van der Waals surface area contributed by atoms with Crippen LogP contribution < -0.4 is 0 Å². The predicted molar refractivity (Wildman–Crippen MR) is 109 cm³/mol. The zero-order valence-corrected chi connectivity index (χ0v) is 17.2. The van der Waals surface area contributed by atoms with Crippen LogP contribution >= 0.6 is 0 Å². The van der Waals surface area contributed by atoms with Crippen molar-refractivity contribution in [1.29, 1.82) is 0 Å². The number of rotatable bonds is 2. The third-order valence-corrected chi connectivity index (χ3v) is 6.80. The Morgan fingerprint density at radius 2 is 1.76 bits per heavy atom. The number of aromatic amines is 1. The molecule has 2 fully saturated rings. The first-order chi connectivity index (χ1) is 14.0. The average Bonchev–Trinajstić information content (AvgIpc) is 3.44. The fourth-order valence-corrected chi connectivity index (χ4v) is 5.22. The van der Waals surface area contributed by atoms with Crippen LogP contribution in [0.3, 0.4) is 0 Å². The van der Waals surface area contributed by atoms with Crippen LogP contribution in [0, 0.1) is 19.8 Å². The summed E-state index contributed by atoms with van der Waals surface area (Å²) >= 11 is 0. The smallest absolute Gasteiger partial charge is 0.253 e. The number of aromatic nitrogens is 2. The fourth-order valence-electron chi connectivity index (χ4n) is 5.22. The molecule has 29 heavy (non-hydrogen) atoms. The second-order valence-corrected chi connectivity index (χ2v) is 8.94. The number of carbonyl (C=O) groups is 2. The standard InChI is InChI=1S/C23H28N4O2/c1-15-11-16(2)13-18(12-15)21(28)26-9-6-23(7-10-26)20-19(24-14-25-20)5-8-27(23)22(29)17-3-4-17/h11-14,17H,3-10H2,1-2H3,(H,24,25). The summed E-state index contributed by atoms with van der Waals surface area (Å²) in [6.07, 6.45) is 6.11. The van der Waals surface area contributed by atoms with E-state index >= 15 is 0 Å². The summed E-state index contributed by atoms with van der Waals surface area (Å²) in [5.41, 5.74) is 4.78. The normalized spacial score (nSPS) is 20.6. The van der Waals surface area contributed by atoms with Gasteiger partial charge in [-0.25, -0.2) is 4.98 Å². The van der Waals surface area contributed by atoms with Gasteiger partial charge in [-0.05, 0) is 51.7 Å². The summed E-state index contributed by atoms with van der Waals surface area (Å²) in [6.45, 7) is 6.09. The van der Waals surface area contributed by atoms with E-state index in [9.17, 15) is 9.59 Å². The van der Waals surface area contributed by atoms with E-state index < -0.39 is 0 Å². The molecule has 2 amide bonds. The van der Waals surface area contributed by atoms with Crippen molar-refractivity contribution in [2.45, 2.75) is 51.5 Å². The molecule has 0 bridgehead atoms. The number of imidazole rings is 1. The van der Waals surface area contributed by atoms with Crippen molar-refractivity contribution < 1.29 is 9.59 Å². The van der Waals surface area contributed by atoms with Gasteiger partial charge in [0, 0.05) is 43.2 Å². The number of fused-ring (bicyclic) bond motifs is 2. The third-order valence-electron chi connectivity index (χ3n) is 6.80. The van der Waals surface area contributed by atoms with E-state index in [1.165, 1.54) is 0 Å². The van der Waals surface area contributed by atoms with Crippen LogP contribution in [-0.4, -0.2) is 51.2 Å². The number of benzene rings is 1. The second kappa shape index (κ2) is 6.71. The zero-order valence-electron chi connectivity index (χ0n) is 17.2. The highest BCUT2D eigenvalue weighted by molar-refractivity contribution is 5.94. The van der Waals surface area contributed by atoms with E-state index in [0.717, 1.165) is 66.7 Å². The molecule has 0 radical (unpaired) electrons. The number of nitrogens with zero attached hydrogens (tertiary/aromatic N) is 3. The van der Waals surface area contributed by atoms with Gasteiger partial charge in [-0.2, -0.15) is 0 Å². The molecule has 3 heterocycles. The fraction of sp³-hybridized carbons (Fsp3) is 0.522. The van der Waals surface area contributed by atoms with Gasteiger partial charge in [0.2, 0.25) is 5.91 Å². The molecular weight excluding hydrogens is 364 g/mol. The van der Waals surface area contributed by atoms with E-state index in [2.05, 4.69) is 20.9 Å². The molecule has 6 nitrogen and oxygen atoms in total. The van der Waals surface area contributed by atoms with Gasteiger partial charge in [-0.3, -0.25) is 9.59 Å². The van der Waals surface area contributed by atoms with Gasteiger partial charge in [0.1, 0.15) is 0 Å². The van der Waals surface area contributed by atoms with E-state index in [1.54, 1.807) is 6.33 Å². The molecule has 2 aromatic rings. The van der Waals surface area contributed by atoms with Crippen molar-refractivity contribution in [3.8, 4) is 0 Å². The Labute approximate surface area is 171 Å². The summed E-state index contributed by atoms with van der Waals surface area (Å²) in [4.78, 5) is 38.2.